The summed E-state index contributed by atoms with van der Waals surface area (Å²) in [5, 5.41) is 2.94. The molecular formula is C21H26N2O2. The van der Waals surface area contributed by atoms with Crippen molar-refractivity contribution in [3.05, 3.63) is 70.3 Å². The van der Waals surface area contributed by atoms with E-state index in [4.69, 9.17) is 0 Å². The molecule has 0 atom stereocenters. The fraction of sp³-hybridized carbons (Fsp3) is 0.333. The van der Waals surface area contributed by atoms with Crippen LogP contribution < -0.4 is 5.32 Å². The highest BCUT2D eigenvalue weighted by molar-refractivity contribution is 5.93. The zero-order chi connectivity index (χ0) is 18.4. The number of carbonyl (C=O) groups excluding carboxylic acids is 2. The molecule has 0 spiro atoms. The summed E-state index contributed by atoms with van der Waals surface area (Å²) in [4.78, 5) is 25.5. The average molecular weight is 338 g/mol. The van der Waals surface area contributed by atoms with Crippen LogP contribution in [0.1, 0.15) is 39.0 Å². The van der Waals surface area contributed by atoms with Gasteiger partial charge < -0.3 is 10.2 Å². The molecule has 2 aromatic carbocycles. The summed E-state index contributed by atoms with van der Waals surface area (Å²) < 4.78 is 0. The molecule has 0 bridgehead atoms. The molecule has 2 amide bonds. The minimum atomic E-state index is -0.0240. The molecule has 0 saturated carbocycles. The predicted molar refractivity (Wildman–Crippen MR) is 101 cm³/mol. The highest BCUT2D eigenvalue weighted by Gasteiger charge is 2.08. The largest absolute Gasteiger partial charge is 0.352 e. The fourth-order valence-electron chi connectivity index (χ4n) is 2.69. The van der Waals surface area contributed by atoms with Gasteiger partial charge in [-0.2, -0.15) is 0 Å². The van der Waals surface area contributed by atoms with Crippen LogP contribution in [0.5, 0.6) is 0 Å². The summed E-state index contributed by atoms with van der Waals surface area (Å²) in [5.74, 6) is 0.0115. The van der Waals surface area contributed by atoms with Crippen molar-refractivity contribution in [2.24, 2.45) is 0 Å². The van der Waals surface area contributed by atoms with Gasteiger partial charge in [-0.25, -0.2) is 0 Å². The second-order valence-electron chi connectivity index (χ2n) is 6.60. The molecule has 4 nitrogen and oxygen atoms in total. The lowest BCUT2D eigenvalue weighted by molar-refractivity contribution is -0.121. The van der Waals surface area contributed by atoms with Gasteiger partial charge in [0, 0.05) is 32.6 Å². The Bertz CT molecular complexity index is 749. The normalized spacial score (nSPS) is 10.4. The van der Waals surface area contributed by atoms with E-state index in [1.54, 1.807) is 31.1 Å². The van der Waals surface area contributed by atoms with Gasteiger partial charge in [-0.05, 0) is 49.1 Å². The zero-order valence-electron chi connectivity index (χ0n) is 15.4. The number of hydrogen-bond acceptors (Lipinski definition) is 2. The van der Waals surface area contributed by atoms with Crippen LogP contribution in [-0.2, 0) is 17.8 Å². The molecular weight excluding hydrogens is 312 g/mol. The lowest BCUT2D eigenvalue weighted by Gasteiger charge is -2.11. The Labute approximate surface area is 149 Å². The van der Waals surface area contributed by atoms with E-state index in [-0.39, 0.29) is 11.8 Å². The maximum atomic E-state index is 12.1. The van der Waals surface area contributed by atoms with Gasteiger partial charge in [0.15, 0.2) is 0 Å². The molecule has 2 rings (SSSR count). The molecule has 4 heteroatoms. The molecule has 25 heavy (non-hydrogen) atoms. The molecule has 0 fully saturated rings. The highest BCUT2D eigenvalue weighted by Crippen LogP contribution is 2.12. The van der Waals surface area contributed by atoms with Crippen LogP contribution in [0.15, 0.2) is 42.5 Å². The number of nitrogens with one attached hydrogen (secondary N) is 1. The maximum Gasteiger partial charge on any atom is 0.253 e. The van der Waals surface area contributed by atoms with E-state index in [0.717, 1.165) is 12.0 Å². The number of rotatable bonds is 6. The van der Waals surface area contributed by atoms with E-state index in [9.17, 15) is 9.59 Å². The molecule has 0 heterocycles. The van der Waals surface area contributed by atoms with E-state index in [0.29, 0.717) is 18.5 Å². The Morgan fingerprint density at radius 2 is 1.68 bits per heavy atom. The number of amides is 2. The Morgan fingerprint density at radius 1 is 1.00 bits per heavy atom. The van der Waals surface area contributed by atoms with Crippen LogP contribution in [-0.4, -0.2) is 30.8 Å². The third-order valence-electron chi connectivity index (χ3n) is 4.22. The molecule has 0 unspecified atom stereocenters. The van der Waals surface area contributed by atoms with Crippen molar-refractivity contribution >= 4 is 11.8 Å². The van der Waals surface area contributed by atoms with Crippen molar-refractivity contribution in [2.75, 3.05) is 14.1 Å². The van der Waals surface area contributed by atoms with Crippen molar-refractivity contribution < 1.29 is 9.59 Å². The van der Waals surface area contributed by atoms with E-state index < -0.39 is 0 Å². The number of nitrogens with zero attached hydrogens (tertiary/aromatic N) is 1. The molecule has 132 valence electrons. The Hall–Kier alpha value is -2.62. The highest BCUT2D eigenvalue weighted by atomic mass is 16.2. The zero-order valence-corrected chi connectivity index (χ0v) is 15.4. The van der Waals surface area contributed by atoms with Crippen LogP contribution in [0.3, 0.4) is 0 Å². The molecule has 2 aromatic rings. The Morgan fingerprint density at radius 3 is 2.28 bits per heavy atom. The van der Waals surface area contributed by atoms with Crippen LogP contribution >= 0.6 is 0 Å². The summed E-state index contributed by atoms with van der Waals surface area (Å²) in [6, 6.07) is 13.7. The second-order valence-corrected chi connectivity index (χ2v) is 6.60. The summed E-state index contributed by atoms with van der Waals surface area (Å²) in [6.45, 7) is 4.62. The molecule has 0 aliphatic carbocycles. The van der Waals surface area contributed by atoms with Gasteiger partial charge >= 0.3 is 0 Å². The number of benzene rings is 2. The summed E-state index contributed by atoms with van der Waals surface area (Å²) in [5.41, 5.74) is 5.31. The van der Waals surface area contributed by atoms with Crippen LogP contribution in [0.4, 0.5) is 0 Å². The predicted octanol–water partition coefficient (Wildman–Crippen LogP) is 3.25. The van der Waals surface area contributed by atoms with E-state index in [2.05, 4.69) is 37.4 Å². The van der Waals surface area contributed by atoms with Crippen molar-refractivity contribution in [1.29, 1.82) is 0 Å². The third-order valence-corrected chi connectivity index (χ3v) is 4.22. The average Bonchev–Trinajstić information content (AvgIpc) is 2.59. The maximum absolute atomic E-state index is 12.1. The van der Waals surface area contributed by atoms with E-state index in [1.165, 1.54) is 16.7 Å². The van der Waals surface area contributed by atoms with Crippen LogP contribution in [0, 0.1) is 13.8 Å². The monoisotopic (exact) mass is 338 g/mol. The minimum Gasteiger partial charge on any atom is -0.352 e. The summed E-state index contributed by atoms with van der Waals surface area (Å²) in [6.07, 6.45) is 1.22. The summed E-state index contributed by atoms with van der Waals surface area (Å²) in [7, 11) is 3.46. The van der Waals surface area contributed by atoms with Crippen molar-refractivity contribution in [3.63, 3.8) is 0 Å². The van der Waals surface area contributed by atoms with Crippen LogP contribution in [0.2, 0.25) is 0 Å². The van der Waals surface area contributed by atoms with Gasteiger partial charge in [0.05, 0.1) is 0 Å². The first-order valence-electron chi connectivity index (χ1n) is 8.50. The van der Waals surface area contributed by atoms with Gasteiger partial charge in [-0.3, -0.25) is 9.59 Å². The third kappa shape index (κ3) is 5.45. The Kier molecular flexibility index (Phi) is 6.34. The SMILES string of the molecule is Cc1ccc(CCC(=O)NCc2ccc(C(=O)N(C)C)cc2)c(C)c1. The fourth-order valence-corrected chi connectivity index (χ4v) is 2.69. The molecule has 1 N–H and O–H groups in total. The topological polar surface area (TPSA) is 49.4 Å². The smallest absolute Gasteiger partial charge is 0.253 e. The first kappa shape index (κ1) is 18.7. The van der Waals surface area contributed by atoms with Gasteiger partial charge in [-0.1, -0.05) is 35.9 Å². The quantitative estimate of drug-likeness (QED) is 0.879. The van der Waals surface area contributed by atoms with Gasteiger partial charge in [0.2, 0.25) is 5.91 Å². The minimum absolute atomic E-state index is 0.0240. The van der Waals surface area contributed by atoms with Crippen LogP contribution in [0.25, 0.3) is 0 Å². The van der Waals surface area contributed by atoms with Crippen molar-refractivity contribution in [2.45, 2.75) is 33.2 Å². The first-order valence-corrected chi connectivity index (χ1v) is 8.50. The van der Waals surface area contributed by atoms with E-state index in [1.807, 2.05) is 12.1 Å². The summed E-state index contributed by atoms with van der Waals surface area (Å²) >= 11 is 0. The number of carbonyl (C=O) groups is 2. The molecule has 0 aliphatic rings. The number of aryl methyl sites for hydroxylation is 3. The molecule has 0 aliphatic heterocycles. The van der Waals surface area contributed by atoms with E-state index >= 15 is 0 Å². The molecule has 0 radical (unpaired) electrons. The first-order chi connectivity index (χ1) is 11.9. The van der Waals surface area contributed by atoms with Gasteiger partial charge in [0.25, 0.3) is 5.91 Å². The number of hydrogen-bond donors (Lipinski definition) is 1. The Balaban J connectivity index is 1.82. The van der Waals surface area contributed by atoms with Crippen molar-refractivity contribution in [1.82, 2.24) is 10.2 Å². The van der Waals surface area contributed by atoms with Gasteiger partial charge in [-0.15, -0.1) is 0 Å². The standard InChI is InChI=1S/C21H26N2O2/c1-15-5-8-18(16(2)13-15)11-12-20(24)22-14-17-6-9-19(10-7-17)21(25)23(3)4/h5-10,13H,11-12,14H2,1-4H3,(H,22,24). The van der Waals surface area contributed by atoms with Crippen molar-refractivity contribution in [3.8, 4) is 0 Å². The molecule has 0 aromatic heterocycles. The molecule has 0 saturated heterocycles. The second kappa shape index (κ2) is 8.47. The lowest BCUT2D eigenvalue weighted by Crippen LogP contribution is -2.23. The lowest BCUT2D eigenvalue weighted by atomic mass is 10.0. The van der Waals surface area contributed by atoms with Gasteiger partial charge in [0.1, 0.15) is 0 Å².